The third-order valence-electron chi connectivity index (χ3n) is 3.77. The summed E-state index contributed by atoms with van der Waals surface area (Å²) in [5, 5.41) is 0. The monoisotopic (exact) mass is 442 g/mol. The Labute approximate surface area is 217 Å². The van der Waals surface area contributed by atoms with E-state index in [-0.39, 0.29) is 95.4 Å². The first-order chi connectivity index (χ1) is 10.7. The van der Waals surface area contributed by atoms with E-state index in [1.165, 1.54) is 51.4 Å². The summed E-state index contributed by atoms with van der Waals surface area (Å²) in [5.41, 5.74) is 0. The van der Waals surface area contributed by atoms with Crippen LogP contribution in [0.15, 0.2) is 35.2 Å². The Kier molecular flexibility index (Phi) is 31.1. The molecule has 142 valence electrons. The molecule has 0 bridgehead atoms. The van der Waals surface area contributed by atoms with Crippen LogP contribution in [-0.4, -0.2) is 15.0 Å². The average molecular weight is 443 g/mol. The predicted molar refractivity (Wildman–Crippen MR) is 91.4 cm³/mol. The van der Waals surface area contributed by atoms with E-state index in [9.17, 15) is 8.42 Å². The Morgan fingerprint density at radius 3 is 1.62 bits per heavy atom. The molecule has 0 heterocycles. The van der Waals surface area contributed by atoms with Crippen LogP contribution in [0, 0.1) is 0 Å². The minimum Gasteiger partial charge on any atom is -1.00 e. The van der Waals surface area contributed by atoms with Gasteiger partial charge >= 0.3 is 59.1 Å². The molecule has 0 radical (unpaired) electrons. The molecule has 0 aromatic heterocycles. The van der Waals surface area contributed by atoms with Gasteiger partial charge in [0.05, 0.1) is 11.5 Å². The molecule has 8 heteroatoms. The summed E-state index contributed by atoms with van der Waals surface area (Å²) >= 11 is 0. The van der Waals surface area contributed by atoms with Crippen LogP contribution in [0.3, 0.4) is 0 Å². The maximum absolute atomic E-state index is 11.9. The van der Waals surface area contributed by atoms with Crippen molar-refractivity contribution in [3.63, 3.8) is 0 Å². The van der Waals surface area contributed by atoms with Crippen molar-refractivity contribution in [3.8, 4) is 0 Å². The van der Waals surface area contributed by atoms with Gasteiger partial charge in [-0.3, -0.25) is 4.18 Å². The van der Waals surface area contributed by atoms with E-state index in [0.29, 0.717) is 0 Å². The predicted octanol–water partition coefficient (Wildman–Crippen LogP) is -6.67. The van der Waals surface area contributed by atoms with E-state index in [4.69, 9.17) is 4.18 Å². The molecule has 3 nitrogen and oxygen atoms in total. The Morgan fingerprint density at radius 1 is 0.731 bits per heavy atom. The van der Waals surface area contributed by atoms with Crippen LogP contribution in [0.4, 0.5) is 0 Å². The molecule has 0 saturated heterocycles. The molecule has 0 atom stereocenters. The van der Waals surface area contributed by atoms with Gasteiger partial charge < -0.3 is 24.8 Å². The first-order valence-corrected chi connectivity index (χ1v) is 10.0. The first-order valence-electron chi connectivity index (χ1n) is 8.61. The fourth-order valence-electron chi connectivity index (χ4n) is 2.41. The molecule has 1 rings (SSSR count). The van der Waals surface area contributed by atoms with Crippen molar-refractivity contribution in [3.05, 3.63) is 30.3 Å². The first kappa shape index (κ1) is 35.2. The molecule has 1 aromatic carbocycles. The van der Waals surface area contributed by atoms with Crippen LogP contribution < -0.4 is 83.9 Å². The Morgan fingerprint density at radius 2 is 1.15 bits per heavy atom. The van der Waals surface area contributed by atoms with Crippen molar-refractivity contribution in [1.82, 2.24) is 0 Å². The molecule has 0 saturated carbocycles. The second-order valence-corrected chi connectivity index (χ2v) is 7.39. The summed E-state index contributed by atoms with van der Waals surface area (Å²) in [6.07, 6.45) is 12.3. The van der Waals surface area contributed by atoms with E-state index in [0.717, 1.165) is 12.8 Å². The fourth-order valence-corrected chi connectivity index (χ4v) is 3.38. The van der Waals surface area contributed by atoms with Crippen molar-refractivity contribution in [2.24, 2.45) is 0 Å². The standard InChI is InChI=1S/C18H30O3S.2ClH.2Na/c1-2-3-4-5-6-7-8-9-10-14-17-21-22(19,20)18-15-12-11-13-16-18;;;;/h11-13,15-16H,2-10,14,17H2,1H3;2*1H;;/q;;;2*+1/p-2. The van der Waals surface area contributed by atoms with Crippen LogP contribution in [0.1, 0.15) is 71.1 Å². The van der Waals surface area contributed by atoms with Crippen LogP contribution in [0.25, 0.3) is 0 Å². The van der Waals surface area contributed by atoms with Gasteiger partial charge in [0.1, 0.15) is 0 Å². The third-order valence-corrected chi connectivity index (χ3v) is 5.09. The fraction of sp³-hybridized carbons (Fsp3) is 0.667. The molecule has 0 unspecified atom stereocenters. The molecular weight excluding hydrogens is 413 g/mol. The van der Waals surface area contributed by atoms with E-state index < -0.39 is 10.1 Å². The zero-order valence-corrected chi connectivity index (χ0v) is 22.9. The van der Waals surface area contributed by atoms with E-state index in [2.05, 4.69) is 6.92 Å². The number of unbranched alkanes of at least 4 members (excludes halogenated alkanes) is 9. The normalized spacial score (nSPS) is 9.88. The maximum atomic E-state index is 11.9. The molecule has 0 aliphatic carbocycles. The van der Waals surface area contributed by atoms with Gasteiger partial charge in [-0.2, -0.15) is 8.42 Å². The third kappa shape index (κ3) is 17.8. The minimum absolute atomic E-state index is 0. The summed E-state index contributed by atoms with van der Waals surface area (Å²) in [7, 11) is -3.57. The van der Waals surface area contributed by atoms with Gasteiger partial charge in [0.15, 0.2) is 0 Å². The van der Waals surface area contributed by atoms with Gasteiger partial charge in [-0.05, 0) is 18.6 Å². The topological polar surface area (TPSA) is 43.4 Å². The Hall–Kier alpha value is 1.71. The minimum atomic E-state index is -3.57. The van der Waals surface area contributed by atoms with Gasteiger partial charge in [-0.1, -0.05) is 82.9 Å². The zero-order valence-electron chi connectivity index (χ0n) is 16.6. The van der Waals surface area contributed by atoms with Gasteiger partial charge in [0.2, 0.25) is 0 Å². The van der Waals surface area contributed by atoms with Crippen LogP contribution in [-0.2, 0) is 14.3 Å². The maximum Gasteiger partial charge on any atom is 1.00 e. The van der Waals surface area contributed by atoms with Crippen molar-refractivity contribution in [2.75, 3.05) is 6.61 Å². The second-order valence-electron chi connectivity index (χ2n) is 5.77. The van der Waals surface area contributed by atoms with Gasteiger partial charge in [0.25, 0.3) is 10.1 Å². The summed E-state index contributed by atoms with van der Waals surface area (Å²) < 4.78 is 28.8. The number of benzene rings is 1. The number of hydrogen-bond donors (Lipinski definition) is 0. The largest absolute Gasteiger partial charge is 1.00 e. The summed E-state index contributed by atoms with van der Waals surface area (Å²) in [4.78, 5) is 0.238. The SMILES string of the molecule is CCCCCCCCCCCCOS(=O)(=O)c1ccccc1.[Cl-].[Cl-].[Na+].[Na+]. The van der Waals surface area contributed by atoms with Crippen LogP contribution in [0.5, 0.6) is 0 Å². The van der Waals surface area contributed by atoms with Gasteiger partial charge in [0, 0.05) is 0 Å². The molecule has 0 aliphatic heterocycles. The molecule has 1 aromatic rings. The zero-order chi connectivity index (χ0) is 16.1. The van der Waals surface area contributed by atoms with Crippen LogP contribution >= 0.6 is 0 Å². The summed E-state index contributed by atoms with van der Waals surface area (Å²) in [5.74, 6) is 0. The summed E-state index contributed by atoms with van der Waals surface area (Å²) in [6.45, 7) is 2.52. The molecule has 0 amide bonds. The summed E-state index contributed by atoms with van der Waals surface area (Å²) in [6, 6.07) is 8.33. The molecule has 0 N–H and O–H groups in total. The van der Waals surface area contributed by atoms with Crippen LogP contribution in [0.2, 0.25) is 0 Å². The van der Waals surface area contributed by atoms with Crippen molar-refractivity contribution >= 4 is 10.1 Å². The van der Waals surface area contributed by atoms with Crippen molar-refractivity contribution in [1.29, 1.82) is 0 Å². The Bertz CT molecular complexity index is 488. The smallest absolute Gasteiger partial charge is 1.00 e. The van der Waals surface area contributed by atoms with Gasteiger partial charge in [-0.25, -0.2) is 0 Å². The van der Waals surface area contributed by atoms with E-state index >= 15 is 0 Å². The number of hydrogen-bond acceptors (Lipinski definition) is 3. The average Bonchev–Trinajstić information content (AvgIpc) is 2.53. The molecule has 0 spiro atoms. The quantitative estimate of drug-likeness (QED) is 0.173. The molecule has 0 fully saturated rings. The van der Waals surface area contributed by atoms with Gasteiger partial charge in [-0.15, -0.1) is 0 Å². The van der Waals surface area contributed by atoms with E-state index in [1.54, 1.807) is 30.3 Å². The van der Waals surface area contributed by atoms with Crippen molar-refractivity contribution < 1.29 is 96.5 Å². The number of halogens is 2. The van der Waals surface area contributed by atoms with E-state index in [1.807, 2.05) is 0 Å². The Balaban J connectivity index is -0.000000605. The molecule has 26 heavy (non-hydrogen) atoms. The number of rotatable bonds is 13. The molecule has 0 aliphatic rings. The molecular formula is C18H30Cl2Na2O3S. The second kappa shape index (κ2) is 23.0. The van der Waals surface area contributed by atoms with Crippen molar-refractivity contribution in [2.45, 2.75) is 76.0 Å².